The van der Waals surface area contributed by atoms with E-state index in [1.54, 1.807) is 6.07 Å². The van der Waals surface area contributed by atoms with Gasteiger partial charge >= 0.3 is 5.97 Å². The second-order valence-electron chi connectivity index (χ2n) is 5.17. The van der Waals surface area contributed by atoms with Crippen LogP contribution in [0.15, 0.2) is 48.5 Å². The summed E-state index contributed by atoms with van der Waals surface area (Å²) in [6.07, 6.45) is 0. The van der Waals surface area contributed by atoms with Crippen molar-refractivity contribution in [2.75, 3.05) is 11.9 Å². The Labute approximate surface area is 156 Å². The molecule has 1 aromatic heterocycles. The highest BCUT2D eigenvalue weighted by molar-refractivity contribution is 7.21. The van der Waals surface area contributed by atoms with Crippen molar-refractivity contribution in [2.45, 2.75) is 0 Å². The predicted octanol–water partition coefficient (Wildman–Crippen LogP) is 4.26. The molecule has 3 rings (SSSR count). The van der Waals surface area contributed by atoms with Crippen LogP contribution < -0.4 is 5.32 Å². The van der Waals surface area contributed by atoms with Crippen LogP contribution in [0.1, 0.15) is 9.67 Å². The number of halogens is 1. The minimum Gasteiger partial charge on any atom is -0.451 e. The van der Waals surface area contributed by atoms with Crippen LogP contribution in [-0.4, -0.2) is 23.4 Å². The topological polar surface area (TPSA) is 98.5 Å². The van der Waals surface area contributed by atoms with Crippen LogP contribution in [0.3, 0.4) is 0 Å². The number of nitrogens with one attached hydrogen (secondary N) is 1. The van der Waals surface area contributed by atoms with Gasteiger partial charge in [0.25, 0.3) is 11.6 Å². The number of thiophene rings is 1. The highest BCUT2D eigenvalue weighted by Crippen LogP contribution is 2.35. The number of carbonyl (C=O) groups excluding carboxylic acids is 2. The van der Waals surface area contributed by atoms with Gasteiger partial charge in [0.05, 0.1) is 9.95 Å². The Morgan fingerprint density at radius 3 is 2.50 bits per heavy atom. The molecular formula is C17H11ClN2O5S. The first kappa shape index (κ1) is 17.8. The summed E-state index contributed by atoms with van der Waals surface area (Å²) in [5, 5.41) is 14.1. The number of nitrogens with zero attached hydrogens (tertiary/aromatic N) is 1. The van der Waals surface area contributed by atoms with E-state index in [1.165, 1.54) is 35.6 Å². The van der Waals surface area contributed by atoms with E-state index >= 15 is 0 Å². The molecular weight excluding hydrogens is 380 g/mol. The summed E-state index contributed by atoms with van der Waals surface area (Å²) in [5.74, 6) is -1.25. The van der Waals surface area contributed by atoms with Crippen LogP contribution in [0, 0.1) is 10.1 Å². The van der Waals surface area contributed by atoms with Crippen molar-refractivity contribution >= 4 is 56.3 Å². The number of rotatable bonds is 5. The first-order valence-electron chi connectivity index (χ1n) is 7.34. The number of carbonyl (C=O) groups is 2. The summed E-state index contributed by atoms with van der Waals surface area (Å²) in [6.45, 7) is -0.500. The van der Waals surface area contributed by atoms with E-state index in [1.807, 2.05) is 18.2 Å². The molecule has 0 aliphatic carbocycles. The summed E-state index contributed by atoms with van der Waals surface area (Å²) >= 11 is 7.38. The lowest BCUT2D eigenvalue weighted by molar-refractivity contribution is -0.384. The molecule has 1 amide bonds. The average Bonchev–Trinajstić information content (AvgIpc) is 2.97. The van der Waals surface area contributed by atoms with Gasteiger partial charge in [0.15, 0.2) is 6.61 Å². The minimum absolute atomic E-state index is 0.0890. The number of nitro benzene ring substituents is 1. The van der Waals surface area contributed by atoms with Gasteiger partial charge in [-0.3, -0.25) is 14.9 Å². The molecule has 0 aliphatic heterocycles. The molecule has 0 unspecified atom stereocenters. The molecule has 0 spiro atoms. The first-order valence-corrected chi connectivity index (χ1v) is 8.53. The van der Waals surface area contributed by atoms with Crippen LogP contribution in [-0.2, 0) is 9.53 Å². The van der Waals surface area contributed by atoms with Crippen molar-refractivity contribution < 1.29 is 19.2 Å². The van der Waals surface area contributed by atoms with Gasteiger partial charge in [-0.1, -0.05) is 29.8 Å². The van der Waals surface area contributed by atoms with Crippen LogP contribution >= 0.6 is 22.9 Å². The van der Waals surface area contributed by atoms with E-state index in [2.05, 4.69) is 5.32 Å². The Morgan fingerprint density at radius 1 is 1.15 bits per heavy atom. The monoisotopic (exact) mass is 390 g/mol. The molecule has 3 aromatic rings. The van der Waals surface area contributed by atoms with Gasteiger partial charge in [-0.05, 0) is 18.2 Å². The minimum atomic E-state index is -0.685. The van der Waals surface area contributed by atoms with Crippen molar-refractivity contribution in [1.29, 1.82) is 0 Å². The van der Waals surface area contributed by atoms with Crippen molar-refractivity contribution in [3.63, 3.8) is 0 Å². The maximum Gasteiger partial charge on any atom is 0.350 e. The zero-order valence-electron chi connectivity index (χ0n) is 13.1. The molecule has 0 atom stereocenters. The Hall–Kier alpha value is -2.97. The molecule has 2 aromatic carbocycles. The van der Waals surface area contributed by atoms with E-state index in [9.17, 15) is 19.7 Å². The number of ether oxygens (including phenoxy) is 1. The summed E-state index contributed by atoms with van der Waals surface area (Å²) in [5.41, 5.74) is 0.269. The van der Waals surface area contributed by atoms with E-state index in [4.69, 9.17) is 16.3 Å². The molecule has 0 saturated heterocycles. The van der Waals surface area contributed by atoms with E-state index in [0.717, 1.165) is 10.1 Å². The quantitative estimate of drug-likeness (QED) is 0.398. The smallest absolute Gasteiger partial charge is 0.350 e. The summed E-state index contributed by atoms with van der Waals surface area (Å²) in [6, 6.07) is 12.6. The highest BCUT2D eigenvalue weighted by Gasteiger charge is 2.19. The maximum atomic E-state index is 12.2. The van der Waals surface area contributed by atoms with Crippen LogP contribution in [0.2, 0.25) is 5.02 Å². The fourth-order valence-electron chi connectivity index (χ4n) is 2.21. The Morgan fingerprint density at radius 2 is 1.85 bits per heavy atom. The van der Waals surface area contributed by atoms with E-state index in [0.29, 0.717) is 10.7 Å². The SMILES string of the molecule is O=C(COC(=O)c1sc2ccccc2c1Cl)Nc1ccc([N+](=O)[O-])cc1. The molecule has 0 fully saturated rings. The highest BCUT2D eigenvalue weighted by atomic mass is 35.5. The summed E-state index contributed by atoms with van der Waals surface area (Å²) in [7, 11) is 0. The second kappa shape index (κ2) is 7.51. The molecule has 26 heavy (non-hydrogen) atoms. The number of hydrogen-bond acceptors (Lipinski definition) is 6. The zero-order valence-corrected chi connectivity index (χ0v) is 14.7. The number of hydrogen-bond donors (Lipinski definition) is 1. The van der Waals surface area contributed by atoms with Gasteiger partial charge in [0, 0.05) is 27.9 Å². The lowest BCUT2D eigenvalue weighted by Crippen LogP contribution is -2.20. The number of non-ortho nitro benzene ring substituents is 1. The van der Waals surface area contributed by atoms with Gasteiger partial charge in [-0.2, -0.15) is 0 Å². The van der Waals surface area contributed by atoms with Crippen molar-refractivity contribution in [2.24, 2.45) is 0 Å². The predicted molar refractivity (Wildman–Crippen MR) is 98.8 cm³/mol. The van der Waals surface area contributed by atoms with Crippen molar-refractivity contribution in [3.8, 4) is 0 Å². The largest absolute Gasteiger partial charge is 0.451 e. The molecule has 0 saturated carbocycles. The fourth-order valence-corrected chi connectivity index (χ4v) is 3.61. The van der Waals surface area contributed by atoms with Crippen molar-refractivity contribution in [3.05, 3.63) is 68.5 Å². The van der Waals surface area contributed by atoms with Crippen LogP contribution in [0.5, 0.6) is 0 Å². The number of benzene rings is 2. The summed E-state index contributed by atoms with van der Waals surface area (Å²) in [4.78, 5) is 34.3. The molecule has 1 heterocycles. The van der Waals surface area contributed by atoms with Crippen molar-refractivity contribution in [1.82, 2.24) is 0 Å². The number of anilines is 1. The standard InChI is InChI=1S/C17H11ClN2O5S/c18-15-12-3-1-2-4-13(12)26-16(15)17(22)25-9-14(21)19-10-5-7-11(8-6-10)20(23)24/h1-8H,9H2,(H,19,21). The maximum absolute atomic E-state index is 12.2. The third-order valence-corrected chi connectivity index (χ3v) is 5.07. The number of esters is 1. The van der Waals surface area contributed by atoms with Gasteiger partial charge in [0.1, 0.15) is 4.88 Å². The lowest BCUT2D eigenvalue weighted by Gasteiger charge is -2.06. The van der Waals surface area contributed by atoms with E-state index < -0.39 is 23.4 Å². The molecule has 1 N–H and O–H groups in total. The molecule has 9 heteroatoms. The Kier molecular flexibility index (Phi) is 5.15. The normalized spacial score (nSPS) is 10.5. The van der Waals surface area contributed by atoms with Gasteiger partial charge in [-0.15, -0.1) is 11.3 Å². The fraction of sp³-hybridized carbons (Fsp3) is 0.0588. The van der Waals surface area contributed by atoms with Crippen LogP contribution in [0.4, 0.5) is 11.4 Å². The van der Waals surface area contributed by atoms with Gasteiger partial charge in [-0.25, -0.2) is 4.79 Å². The van der Waals surface area contributed by atoms with Crippen LogP contribution in [0.25, 0.3) is 10.1 Å². The zero-order chi connectivity index (χ0) is 18.7. The Balaban J connectivity index is 1.60. The molecule has 132 valence electrons. The molecule has 0 bridgehead atoms. The third kappa shape index (κ3) is 3.81. The van der Waals surface area contributed by atoms with Gasteiger partial charge < -0.3 is 10.1 Å². The average molecular weight is 391 g/mol. The van der Waals surface area contributed by atoms with E-state index in [-0.39, 0.29) is 10.6 Å². The molecule has 0 radical (unpaired) electrons. The molecule has 7 nitrogen and oxygen atoms in total. The number of nitro groups is 1. The molecule has 0 aliphatic rings. The first-order chi connectivity index (χ1) is 12.5. The Bertz CT molecular complexity index is 1000. The van der Waals surface area contributed by atoms with Gasteiger partial charge in [0.2, 0.25) is 0 Å². The lowest BCUT2D eigenvalue weighted by atomic mass is 10.2. The second-order valence-corrected chi connectivity index (χ2v) is 6.60. The number of fused-ring (bicyclic) bond motifs is 1. The third-order valence-electron chi connectivity index (χ3n) is 3.42. The summed E-state index contributed by atoms with van der Waals surface area (Å²) < 4.78 is 5.85. The number of amides is 1.